The molecule has 0 saturated carbocycles. The van der Waals surface area contributed by atoms with Crippen molar-refractivity contribution in [2.24, 2.45) is 7.05 Å². The molecule has 2 N–H and O–H groups in total. The number of H-pyrrole nitrogens is 1. The van der Waals surface area contributed by atoms with Gasteiger partial charge in [0.25, 0.3) is 0 Å². The Morgan fingerprint density at radius 2 is 2.33 bits per heavy atom. The molecule has 0 atom stereocenters. The van der Waals surface area contributed by atoms with Crippen molar-refractivity contribution in [1.82, 2.24) is 19.5 Å². The topological polar surface area (TPSA) is 58.5 Å². The highest BCUT2D eigenvalue weighted by molar-refractivity contribution is 5.77. The molecule has 0 spiro atoms. The molecule has 0 unspecified atom stereocenters. The molecule has 2 heterocycles. The molecule has 3 aromatic rings. The fourth-order valence-electron chi connectivity index (χ4n) is 1.80. The van der Waals surface area contributed by atoms with Crippen LogP contribution in [-0.2, 0) is 13.6 Å². The van der Waals surface area contributed by atoms with Gasteiger partial charge in [-0.2, -0.15) is 0 Å². The summed E-state index contributed by atoms with van der Waals surface area (Å²) in [6, 6.07) is 4.47. The molecule has 92 valence electrons. The summed E-state index contributed by atoms with van der Waals surface area (Å²) in [5.74, 6) is 1.24. The highest BCUT2D eigenvalue weighted by Gasteiger charge is 2.04. The predicted octanol–water partition coefficient (Wildman–Crippen LogP) is 2.05. The van der Waals surface area contributed by atoms with Gasteiger partial charge in [-0.15, -0.1) is 0 Å². The van der Waals surface area contributed by atoms with Crippen LogP contribution in [0.15, 0.2) is 30.6 Å². The van der Waals surface area contributed by atoms with Crippen LogP contribution in [0.3, 0.4) is 0 Å². The molecule has 0 bridgehead atoms. The van der Waals surface area contributed by atoms with Gasteiger partial charge in [0.05, 0.1) is 17.6 Å². The number of aromatic nitrogens is 4. The first-order valence-electron chi connectivity index (χ1n) is 5.58. The van der Waals surface area contributed by atoms with Gasteiger partial charge < -0.3 is 14.9 Å². The molecule has 0 aliphatic heterocycles. The van der Waals surface area contributed by atoms with Gasteiger partial charge in [0.1, 0.15) is 11.6 Å². The lowest BCUT2D eigenvalue weighted by Crippen LogP contribution is -2.06. The van der Waals surface area contributed by atoms with Crippen LogP contribution in [0.25, 0.3) is 11.0 Å². The van der Waals surface area contributed by atoms with Crippen molar-refractivity contribution in [3.05, 3.63) is 42.2 Å². The Morgan fingerprint density at radius 3 is 3.11 bits per heavy atom. The van der Waals surface area contributed by atoms with E-state index in [1.807, 2.05) is 17.8 Å². The number of hydrogen-bond donors (Lipinski definition) is 2. The smallest absolute Gasteiger partial charge is 0.201 e. The summed E-state index contributed by atoms with van der Waals surface area (Å²) in [6.07, 6.45) is 3.62. The Balaban J connectivity index is 1.81. The maximum absolute atomic E-state index is 13.0. The summed E-state index contributed by atoms with van der Waals surface area (Å²) in [5.41, 5.74) is 1.41. The maximum atomic E-state index is 13.0. The van der Waals surface area contributed by atoms with Gasteiger partial charge in [0.15, 0.2) is 0 Å². The monoisotopic (exact) mass is 245 g/mol. The van der Waals surface area contributed by atoms with E-state index in [1.165, 1.54) is 12.1 Å². The SMILES string of the molecule is Cn1ccnc1CNc1nc2ccc(F)cc2[nH]1. The standard InChI is InChI=1S/C12H12FN5/c1-18-5-4-14-11(18)7-15-12-16-9-3-2-8(13)6-10(9)17-12/h2-6H,7H2,1H3,(H2,15,16,17). The summed E-state index contributed by atoms with van der Waals surface area (Å²) in [4.78, 5) is 11.5. The van der Waals surface area contributed by atoms with Crippen LogP contribution in [0, 0.1) is 5.82 Å². The first kappa shape index (κ1) is 10.8. The van der Waals surface area contributed by atoms with Crippen LogP contribution >= 0.6 is 0 Å². The third kappa shape index (κ3) is 1.92. The number of rotatable bonds is 3. The summed E-state index contributed by atoms with van der Waals surface area (Å²) in [7, 11) is 1.93. The number of aromatic amines is 1. The number of halogens is 1. The van der Waals surface area contributed by atoms with Crippen LogP contribution in [-0.4, -0.2) is 19.5 Å². The molecular weight excluding hydrogens is 233 g/mol. The zero-order chi connectivity index (χ0) is 12.5. The van der Waals surface area contributed by atoms with Crippen molar-refractivity contribution in [3.8, 4) is 0 Å². The Hall–Kier alpha value is -2.37. The lowest BCUT2D eigenvalue weighted by atomic mass is 10.3. The number of hydrogen-bond acceptors (Lipinski definition) is 3. The van der Waals surface area contributed by atoms with E-state index in [2.05, 4.69) is 20.3 Å². The second kappa shape index (κ2) is 4.14. The van der Waals surface area contributed by atoms with Crippen LogP contribution in [0.2, 0.25) is 0 Å². The second-order valence-corrected chi connectivity index (χ2v) is 4.05. The van der Waals surface area contributed by atoms with E-state index < -0.39 is 0 Å². The molecule has 0 saturated heterocycles. The Labute approximate surface area is 103 Å². The second-order valence-electron chi connectivity index (χ2n) is 4.05. The molecule has 6 heteroatoms. The highest BCUT2D eigenvalue weighted by atomic mass is 19.1. The minimum Gasteiger partial charge on any atom is -0.349 e. The number of aryl methyl sites for hydroxylation is 1. The zero-order valence-electron chi connectivity index (χ0n) is 9.81. The number of benzene rings is 1. The van der Waals surface area contributed by atoms with E-state index in [0.29, 0.717) is 18.0 Å². The van der Waals surface area contributed by atoms with E-state index in [-0.39, 0.29) is 5.82 Å². The van der Waals surface area contributed by atoms with E-state index >= 15 is 0 Å². The zero-order valence-corrected chi connectivity index (χ0v) is 9.81. The van der Waals surface area contributed by atoms with E-state index in [9.17, 15) is 4.39 Å². The third-order valence-electron chi connectivity index (χ3n) is 2.78. The van der Waals surface area contributed by atoms with Gasteiger partial charge in [-0.25, -0.2) is 14.4 Å². The van der Waals surface area contributed by atoms with E-state index in [4.69, 9.17) is 0 Å². The summed E-state index contributed by atoms with van der Waals surface area (Å²) in [5, 5.41) is 3.12. The van der Waals surface area contributed by atoms with E-state index in [1.54, 1.807) is 12.3 Å². The lowest BCUT2D eigenvalue weighted by Gasteiger charge is -2.02. The average Bonchev–Trinajstić information content (AvgIpc) is 2.92. The number of fused-ring (bicyclic) bond motifs is 1. The molecule has 0 fully saturated rings. The van der Waals surface area contributed by atoms with E-state index in [0.717, 1.165) is 11.3 Å². The van der Waals surface area contributed by atoms with Gasteiger partial charge in [-0.05, 0) is 18.2 Å². The number of nitrogens with zero attached hydrogens (tertiary/aromatic N) is 3. The molecule has 1 aromatic carbocycles. The molecule has 2 aromatic heterocycles. The Bertz CT molecular complexity index is 685. The fraction of sp³-hybridized carbons (Fsp3) is 0.167. The Kier molecular flexibility index (Phi) is 2.47. The van der Waals surface area contributed by atoms with Gasteiger partial charge in [-0.1, -0.05) is 0 Å². The van der Waals surface area contributed by atoms with Gasteiger partial charge in [0, 0.05) is 19.4 Å². The van der Waals surface area contributed by atoms with Crippen LogP contribution in [0.5, 0.6) is 0 Å². The van der Waals surface area contributed by atoms with Crippen LogP contribution in [0.1, 0.15) is 5.82 Å². The summed E-state index contributed by atoms with van der Waals surface area (Å²) in [6.45, 7) is 0.561. The average molecular weight is 245 g/mol. The summed E-state index contributed by atoms with van der Waals surface area (Å²) >= 11 is 0. The summed E-state index contributed by atoms with van der Waals surface area (Å²) < 4.78 is 15.0. The number of nitrogens with one attached hydrogen (secondary N) is 2. The fourth-order valence-corrected chi connectivity index (χ4v) is 1.80. The molecule has 0 aliphatic rings. The minimum absolute atomic E-state index is 0.276. The normalized spacial score (nSPS) is 11.0. The molecular formula is C12H12FN5. The maximum Gasteiger partial charge on any atom is 0.201 e. The predicted molar refractivity (Wildman–Crippen MR) is 66.6 cm³/mol. The number of imidazole rings is 2. The Morgan fingerprint density at radius 1 is 1.44 bits per heavy atom. The minimum atomic E-state index is -0.276. The lowest BCUT2D eigenvalue weighted by molar-refractivity contribution is 0.629. The molecule has 18 heavy (non-hydrogen) atoms. The highest BCUT2D eigenvalue weighted by Crippen LogP contribution is 2.15. The number of anilines is 1. The quantitative estimate of drug-likeness (QED) is 0.742. The van der Waals surface area contributed by atoms with Crippen LogP contribution in [0.4, 0.5) is 10.3 Å². The third-order valence-corrected chi connectivity index (χ3v) is 2.78. The molecule has 5 nitrogen and oxygen atoms in total. The van der Waals surface area contributed by atoms with Crippen molar-refractivity contribution in [1.29, 1.82) is 0 Å². The van der Waals surface area contributed by atoms with Crippen molar-refractivity contribution in [2.45, 2.75) is 6.54 Å². The molecule has 0 amide bonds. The van der Waals surface area contributed by atoms with Crippen molar-refractivity contribution in [3.63, 3.8) is 0 Å². The van der Waals surface area contributed by atoms with Crippen molar-refractivity contribution < 1.29 is 4.39 Å². The van der Waals surface area contributed by atoms with Gasteiger partial charge >= 0.3 is 0 Å². The molecule has 0 radical (unpaired) electrons. The molecule has 0 aliphatic carbocycles. The van der Waals surface area contributed by atoms with Crippen molar-refractivity contribution in [2.75, 3.05) is 5.32 Å². The van der Waals surface area contributed by atoms with Gasteiger partial charge in [-0.3, -0.25) is 0 Å². The van der Waals surface area contributed by atoms with Crippen LogP contribution < -0.4 is 5.32 Å². The molecule has 3 rings (SSSR count). The first-order chi connectivity index (χ1) is 8.72. The largest absolute Gasteiger partial charge is 0.349 e. The van der Waals surface area contributed by atoms with Crippen molar-refractivity contribution >= 4 is 17.0 Å². The first-order valence-corrected chi connectivity index (χ1v) is 5.58. The van der Waals surface area contributed by atoms with Gasteiger partial charge in [0.2, 0.25) is 5.95 Å².